The van der Waals surface area contributed by atoms with Crippen LogP contribution in [0.5, 0.6) is 0 Å². The first-order valence-corrected chi connectivity index (χ1v) is 10.7. The number of thiazole rings is 1. The van der Waals surface area contributed by atoms with Crippen molar-refractivity contribution in [3.63, 3.8) is 0 Å². The van der Waals surface area contributed by atoms with Crippen LogP contribution in [0.15, 0.2) is 76.9 Å². The first kappa shape index (κ1) is 17.6. The highest BCUT2D eigenvalue weighted by molar-refractivity contribution is 7.09. The zero-order valence-corrected chi connectivity index (χ0v) is 16.4. The molecule has 1 fully saturated rings. The summed E-state index contributed by atoms with van der Waals surface area (Å²) in [5, 5.41) is 11.9. The van der Waals surface area contributed by atoms with Crippen molar-refractivity contribution in [2.45, 2.75) is 31.0 Å². The molecule has 2 N–H and O–H groups in total. The first-order chi connectivity index (χ1) is 13.9. The fourth-order valence-corrected chi connectivity index (χ4v) is 4.92. The van der Waals surface area contributed by atoms with E-state index in [0.29, 0.717) is 6.04 Å². The van der Waals surface area contributed by atoms with Crippen molar-refractivity contribution in [2.75, 3.05) is 6.54 Å². The molecule has 0 amide bonds. The van der Waals surface area contributed by atoms with Crippen LogP contribution in [0, 0.1) is 0 Å². The number of hydrogen-bond acceptors (Lipinski definition) is 5. The summed E-state index contributed by atoms with van der Waals surface area (Å²) in [5.74, 6) is 0. The monoisotopic (exact) mass is 389 g/mol. The number of benzene rings is 2. The lowest BCUT2D eigenvalue weighted by atomic mass is 9.91. The summed E-state index contributed by atoms with van der Waals surface area (Å²) in [5.41, 5.74) is 3.42. The van der Waals surface area contributed by atoms with Gasteiger partial charge in [-0.1, -0.05) is 48.5 Å². The van der Waals surface area contributed by atoms with Crippen LogP contribution < -0.4 is 10.6 Å². The number of para-hydroxylation sites is 1. The molecule has 2 aromatic carbocycles. The third kappa shape index (κ3) is 3.37. The molecule has 0 bridgehead atoms. The molecular formula is C23H23N3OS. The molecule has 28 heavy (non-hydrogen) atoms. The number of nitrogens with zero attached hydrogens (tertiary/aromatic N) is 1. The van der Waals surface area contributed by atoms with E-state index in [2.05, 4.69) is 64.1 Å². The van der Waals surface area contributed by atoms with Gasteiger partial charge in [-0.25, -0.2) is 4.98 Å². The average Bonchev–Trinajstić information content (AvgIpc) is 3.45. The van der Waals surface area contributed by atoms with Gasteiger partial charge in [-0.3, -0.25) is 5.32 Å². The number of piperidine rings is 1. The average molecular weight is 390 g/mol. The highest BCUT2D eigenvalue weighted by Crippen LogP contribution is 2.33. The Labute approximate surface area is 168 Å². The predicted molar refractivity (Wildman–Crippen MR) is 114 cm³/mol. The molecule has 0 spiro atoms. The Hall–Kier alpha value is -2.47. The molecule has 5 rings (SSSR count). The smallest absolute Gasteiger partial charge is 0.139 e. The third-order valence-corrected chi connectivity index (χ3v) is 6.36. The molecule has 5 heteroatoms. The van der Waals surface area contributed by atoms with Crippen LogP contribution in [-0.4, -0.2) is 17.6 Å². The summed E-state index contributed by atoms with van der Waals surface area (Å²) in [4.78, 5) is 4.64. The minimum absolute atomic E-state index is 0.00552. The third-order valence-electron chi connectivity index (χ3n) is 5.52. The molecular weight excluding hydrogens is 366 g/mol. The second-order valence-electron chi connectivity index (χ2n) is 7.25. The molecule has 0 aliphatic carbocycles. The molecule has 0 saturated carbocycles. The highest BCUT2D eigenvalue weighted by Gasteiger charge is 2.30. The van der Waals surface area contributed by atoms with Crippen LogP contribution in [0.1, 0.15) is 41.1 Å². The molecule has 3 unspecified atom stereocenters. The maximum atomic E-state index is 5.85. The van der Waals surface area contributed by atoms with Gasteiger partial charge in [-0.15, -0.1) is 11.3 Å². The standard InChI is InChI=1S/C23H23N3OS/c1-2-6-16(7-3-1)20-19(10-5-12-24-20)26-21(23-25-13-15-28-23)18-9-4-8-17-11-14-27-22(17)18/h1-4,6-9,11,13-15,19-21,24,26H,5,10,12H2. The number of rotatable bonds is 5. The molecule has 4 aromatic rings. The van der Waals surface area contributed by atoms with Crippen LogP contribution in [0.3, 0.4) is 0 Å². The largest absolute Gasteiger partial charge is 0.464 e. The maximum absolute atomic E-state index is 5.85. The summed E-state index contributed by atoms with van der Waals surface area (Å²) in [7, 11) is 0. The Bertz CT molecular complexity index is 1030. The lowest BCUT2D eigenvalue weighted by Crippen LogP contribution is -2.47. The molecule has 0 radical (unpaired) electrons. The van der Waals surface area contributed by atoms with Gasteiger partial charge in [0.1, 0.15) is 10.6 Å². The van der Waals surface area contributed by atoms with Gasteiger partial charge >= 0.3 is 0 Å². The molecule has 1 aliphatic rings. The molecule has 2 aromatic heterocycles. The first-order valence-electron chi connectivity index (χ1n) is 9.80. The van der Waals surface area contributed by atoms with Crippen LogP contribution in [0.25, 0.3) is 11.0 Å². The Morgan fingerprint density at radius 2 is 2.04 bits per heavy atom. The number of nitrogens with one attached hydrogen (secondary N) is 2. The van der Waals surface area contributed by atoms with Crippen molar-refractivity contribution in [3.05, 3.63) is 88.6 Å². The topological polar surface area (TPSA) is 50.1 Å². The predicted octanol–water partition coefficient (Wildman–Crippen LogP) is 5.06. The maximum Gasteiger partial charge on any atom is 0.139 e. The van der Waals surface area contributed by atoms with Gasteiger partial charge < -0.3 is 9.73 Å². The Morgan fingerprint density at radius 3 is 2.89 bits per heavy atom. The molecule has 4 nitrogen and oxygen atoms in total. The van der Waals surface area contributed by atoms with E-state index in [1.54, 1.807) is 17.6 Å². The van der Waals surface area contributed by atoms with Crippen molar-refractivity contribution in [3.8, 4) is 0 Å². The van der Waals surface area contributed by atoms with E-state index in [0.717, 1.165) is 40.9 Å². The lowest BCUT2D eigenvalue weighted by molar-refractivity contribution is 0.292. The Morgan fingerprint density at radius 1 is 1.11 bits per heavy atom. The molecule has 1 saturated heterocycles. The zero-order valence-electron chi connectivity index (χ0n) is 15.5. The molecule has 1 aliphatic heterocycles. The van der Waals surface area contributed by atoms with Crippen LogP contribution in [-0.2, 0) is 0 Å². The van der Waals surface area contributed by atoms with Crippen LogP contribution in [0.4, 0.5) is 0 Å². The summed E-state index contributed by atoms with van der Waals surface area (Å²) >= 11 is 1.69. The SMILES string of the molecule is c1ccc(C2NCCCC2NC(c2nccs2)c2cccc3ccoc23)cc1. The van der Waals surface area contributed by atoms with Crippen molar-refractivity contribution in [2.24, 2.45) is 0 Å². The number of aromatic nitrogens is 1. The van der Waals surface area contributed by atoms with Gasteiger partial charge in [0.05, 0.1) is 12.3 Å². The van der Waals surface area contributed by atoms with E-state index in [1.807, 2.05) is 17.6 Å². The summed E-state index contributed by atoms with van der Waals surface area (Å²) < 4.78 is 5.85. The second kappa shape index (κ2) is 7.87. The quantitative estimate of drug-likeness (QED) is 0.501. The zero-order chi connectivity index (χ0) is 18.8. The van der Waals surface area contributed by atoms with Crippen LogP contribution in [0.2, 0.25) is 0 Å². The highest BCUT2D eigenvalue weighted by atomic mass is 32.1. The van der Waals surface area contributed by atoms with Crippen molar-refractivity contribution >= 4 is 22.3 Å². The van der Waals surface area contributed by atoms with Gasteiger partial charge in [0.15, 0.2) is 0 Å². The van der Waals surface area contributed by atoms with E-state index in [1.165, 1.54) is 5.56 Å². The van der Waals surface area contributed by atoms with Gasteiger partial charge in [0.2, 0.25) is 0 Å². The molecule has 142 valence electrons. The van der Waals surface area contributed by atoms with E-state index < -0.39 is 0 Å². The normalized spacial score (nSPS) is 21.0. The minimum Gasteiger partial charge on any atom is -0.464 e. The van der Waals surface area contributed by atoms with E-state index in [-0.39, 0.29) is 12.1 Å². The minimum atomic E-state index is 0.00552. The van der Waals surface area contributed by atoms with Gasteiger partial charge in [-0.2, -0.15) is 0 Å². The van der Waals surface area contributed by atoms with E-state index >= 15 is 0 Å². The fourth-order valence-electron chi connectivity index (χ4n) is 4.21. The molecule has 3 atom stereocenters. The Balaban J connectivity index is 1.52. The van der Waals surface area contributed by atoms with Crippen LogP contribution >= 0.6 is 11.3 Å². The van der Waals surface area contributed by atoms with Gasteiger partial charge in [0, 0.05) is 34.6 Å². The molecule has 3 heterocycles. The summed E-state index contributed by atoms with van der Waals surface area (Å²) in [6.07, 6.45) is 5.94. The van der Waals surface area contributed by atoms with Crippen molar-refractivity contribution in [1.29, 1.82) is 0 Å². The fraction of sp³-hybridized carbons (Fsp3) is 0.261. The second-order valence-corrected chi connectivity index (χ2v) is 8.17. The number of furan rings is 1. The number of fused-ring (bicyclic) bond motifs is 1. The lowest BCUT2D eigenvalue weighted by Gasteiger charge is -2.36. The van der Waals surface area contributed by atoms with E-state index in [4.69, 9.17) is 4.42 Å². The van der Waals surface area contributed by atoms with Gasteiger partial charge in [0.25, 0.3) is 0 Å². The van der Waals surface area contributed by atoms with E-state index in [9.17, 15) is 0 Å². The van der Waals surface area contributed by atoms with Crippen molar-refractivity contribution < 1.29 is 4.42 Å². The Kier molecular flexibility index (Phi) is 4.95. The van der Waals surface area contributed by atoms with Gasteiger partial charge in [-0.05, 0) is 31.0 Å². The summed E-state index contributed by atoms with van der Waals surface area (Å²) in [6, 6.07) is 19.7. The van der Waals surface area contributed by atoms with Crippen molar-refractivity contribution in [1.82, 2.24) is 15.6 Å². The summed E-state index contributed by atoms with van der Waals surface area (Å²) in [6.45, 7) is 1.05. The number of hydrogen-bond donors (Lipinski definition) is 2.